The lowest BCUT2D eigenvalue weighted by Gasteiger charge is -2.18. The van der Waals surface area contributed by atoms with Gasteiger partial charge in [0.15, 0.2) is 17.3 Å². The molecule has 1 N–H and O–H groups in total. The van der Waals surface area contributed by atoms with Gasteiger partial charge in [0.25, 0.3) is 0 Å². The van der Waals surface area contributed by atoms with Crippen molar-refractivity contribution in [3.63, 3.8) is 0 Å². The molecule has 0 saturated heterocycles. The number of phenols is 1. The van der Waals surface area contributed by atoms with Crippen LogP contribution < -0.4 is 9.47 Å². The number of carbonyl (C=O) groups is 1. The number of ketones is 1. The molecule has 112 valence electrons. The lowest BCUT2D eigenvalue weighted by molar-refractivity contribution is 0.104. The molecule has 0 saturated carbocycles. The smallest absolute Gasteiger partial charge is 0.189 e. The zero-order chi connectivity index (χ0) is 15.5. The van der Waals surface area contributed by atoms with E-state index in [2.05, 4.69) is 0 Å². The quantitative estimate of drug-likeness (QED) is 0.697. The standard InChI is InChI=1S/C18H16O4/c1-12-2-5-15(19)14(10-12)16(20)6-3-13-4-7-17-18(11-13)22-9-8-21-17/h2-7,10-11,19H,8-9H2,1H3. The summed E-state index contributed by atoms with van der Waals surface area (Å²) in [6.07, 6.45) is 3.14. The molecule has 0 radical (unpaired) electrons. The Bertz CT molecular complexity index is 747. The zero-order valence-corrected chi connectivity index (χ0v) is 12.2. The molecule has 0 bridgehead atoms. The van der Waals surface area contributed by atoms with Crippen molar-refractivity contribution in [2.75, 3.05) is 13.2 Å². The van der Waals surface area contributed by atoms with Crippen LogP contribution in [0.4, 0.5) is 0 Å². The maximum absolute atomic E-state index is 12.2. The summed E-state index contributed by atoms with van der Waals surface area (Å²) in [5, 5.41) is 9.77. The molecule has 4 nitrogen and oxygen atoms in total. The van der Waals surface area contributed by atoms with Gasteiger partial charge in [0.05, 0.1) is 5.56 Å². The lowest BCUT2D eigenvalue weighted by atomic mass is 10.1. The van der Waals surface area contributed by atoms with Crippen molar-refractivity contribution in [2.45, 2.75) is 6.92 Å². The highest BCUT2D eigenvalue weighted by atomic mass is 16.6. The first-order valence-electron chi connectivity index (χ1n) is 7.05. The maximum Gasteiger partial charge on any atom is 0.189 e. The lowest BCUT2D eigenvalue weighted by Crippen LogP contribution is -2.15. The minimum Gasteiger partial charge on any atom is -0.507 e. The minimum atomic E-state index is -0.240. The number of fused-ring (bicyclic) bond motifs is 1. The fraction of sp³-hybridized carbons (Fsp3) is 0.167. The highest BCUT2D eigenvalue weighted by molar-refractivity contribution is 6.08. The summed E-state index contributed by atoms with van der Waals surface area (Å²) in [7, 11) is 0. The first-order valence-corrected chi connectivity index (χ1v) is 7.05. The minimum absolute atomic E-state index is 0.0116. The number of phenolic OH excluding ortho intramolecular Hbond substituents is 1. The predicted molar refractivity (Wildman–Crippen MR) is 83.6 cm³/mol. The van der Waals surface area contributed by atoms with Crippen LogP contribution in [0.5, 0.6) is 17.2 Å². The van der Waals surface area contributed by atoms with Crippen molar-refractivity contribution >= 4 is 11.9 Å². The monoisotopic (exact) mass is 296 g/mol. The van der Waals surface area contributed by atoms with Gasteiger partial charge in [0.2, 0.25) is 0 Å². The Hall–Kier alpha value is -2.75. The van der Waals surface area contributed by atoms with Crippen LogP contribution in [0, 0.1) is 6.92 Å². The molecule has 0 amide bonds. The van der Waals surface area contributed by atoms with Gasteiger partial charge in [0, 0.05) is 0 Å². The van der Waals surface area contributed by atoms with Crippen LogP contribution >= 0.6 is 0 Å². The Morgan fingerprint density at radius 2 is 1.86 bits per heavy atom. The Labute approximate surface area is 128 Å². The number of aryl methyl sites for hydroxylation is 1. The van der Waals surface area contributed by atoms with Gasteiger partial charge in [-0.25, -0.2) is 0 Å². The molecular weight excluding hydrogens is 280 g/mol. The number of rotatable bonds is 3. The van der Waals surface area contributed by atoms with E-state index in [9.17, 15) is 9.90 Å². The predicted octanol–water partition coefficient (Wildman–Crippen LogP) is 3.37. The largest absolute Gasteiger partial charge is 0.507 e. The van der Waals surface area contributed by atoms with E-state index in [1.807, 2.05) is 25.1 Å². The highest BCUT2D eigenvalue weighted by Gasteiger charge is 2.11. The molecule has 1 heterocycles. The summed E-state index contributed by atoms with van der Waals surface area (Å²) in [5.41, 5.74) is 2.06. The van der Waals surface area contributed by atoms with Gasteiger partial charge in [-0.3, -0.25) is 4.79 Å². The second kappa shape index (κ2) is 5.93. The molecule has 0 aromatic heterocycles. The van der Waals surface area contributed by atoms with Crippen molar-refractivity contribution in [3.8, 4) is 17.2 Å². The van der Waals surface area contributed by atoms with E-state index in [1.54, 1.807) is 18.2 Å². The summed E-state index contributed by atoms with van der Waals surface area (Å²) < 4.78 is 11.0. The number of allylic oxidation sites excluding steroid dienone is 1. The third-order valence-corrected chi connectivity index (χ3v) is 3.41. The van der Waals surface area contributed by atoms with E-state index < -0.39 is 0 Å². The fourth-order valence-electron chi connectivity index (χ4n) is 2.27. The molecule has 2 aromatic rings. The average Bonchev–Trinajstić information content (AvgIpc) is 2.54. The van der Waals surface area contributed by atoms with Gasteiger partial charge < -0.3 is 14.6 Å². The van der Waals surface area contributed by atoms with E-state index in [0.29, 0.717) is 30.3 Å². The van der Waals surface area contributed by atoms with Crippen molar-refractivity contribution in [3.05, 3.63) is 59.2 Å². The summed E-state index contributed by atoms with van der Waals surface area (Å²) in [6.45, 7) is 2.95. The van der Waals surface area contributed by atoms with Crippen molar-refractivity contribution < 1.29 is 19.4 Å². The van der Waals surface area contributed by atoms with Crippen LogP contribution in [0.1, 0.15) is 21.5 Å². The number of hydrogen-bond donors (Lipinski definition) is 1. The van der Waals surface area contributed by atoms with Crippen molar-refractivity contribution in [2.24, 2.45) is 0 Å². The second-order valence-electron chi connectivity index (χ2n) is 5.12. The van der Waals surface area contributed by atoms with Crippen molar-refractivity contribution in [1.82, 2.24) is 0 Å². The first-order chi connectivity index (χ1) is 10.6. The molecule has 22 heavy (non-hydrogen) atoms. The summed E-state index contributed by atoms with van der Waals surface area (Å²) in [6, 6.07) is 10.5. The van der Waals surface area contributed by atoms with E-state index >= 15 is 0 Å². The van der Waals surface area contributed by atoms with Gasteiger partial charge in [-0.2, -0.15) is 0 Å². The van der Waals surface area contributed by atoms with Gasteiger partial charge in [-0.05, 0) is 42.8 Å². The average molecular weight is 296 g/mol. The summed E-state index contributed by atoms with van der Waals surface area (Å²) in [4.78, 5) is 12.2. The van der Waals surface area contributed by atoms with Crippen molar-refractivity contribution in [1.29, 1.82) is 0 Å². The highest BCUT2D eigenvalue weighted by Crippen LogP contribution is 2.31. The molecule has 0 unspecified atom stereocenters. The molecule has 0 aliphatic carbocycles. The molecule has 1 aliphatic heterocycles. The summed E-state index contributed by atoms with van der Waals surface area (Å²) in [5.74, 6) is 1.14. The van der Waals surface area contributed by atoms with E-state index in [4.69, 9.17) is 9.47 Å². The van der Waals surface area contributed by atoms with Crippen LogP contribution in [0.25, 0.3) is 6.08 Å². The Kier molecular flexibility index (Phi) is 3.83. The molecule has 0 atom stereocenters. The van der Waals surface area contributed by atoms with Gasteiger partial charge in [0.1, 0.15) is 19.0 Å². The molecule has 4 heteroatoms. The number of benzene rings is 2. The molecule has 0 fully saturated rings. The van der Waals surface area contributed by atoms with Crippen LogP contribution in [-0.4, -0.2) is 24.1 Å². The number of hydrogen-bond acceptors (Lipinski definition) is 4. The Morgan fingerprint density at radius 1 is 1.09 bits per heavy atom. The molecule has 1 aliphatic rings. The third-order valence-electron chi connectivity index (χ3n) is 3.41. The summed E-state index contributed by atoms with van der Waals surface area (Å²) >= 11 is 0. The van der Waals surface area contributed by atoms with Crippen LogP contribution in [0.15, 0.2) is 42.5 Å². The Balaban J connectivity index is 1.81. The Morgan fingerprint density at radius 3 is 2.68 bits per heavy atom. The SMILES string of the molecule is Cc1ccc(O)c(C(=O)C=Cc2ccc3c(c2)OCCO3)c1. The molecule has 3 rings (SSSR count). The van der Waals surface area contributed by atoms with E-state index in [1.165, 1.54) is 12.1 Å². The fourth-order valence-corrected chi connectivity index (χ4v) is 2.27. The van der Waals surface area contributed by atoms with Gasteiger partial charge >= 0.3 is 0 Å². The number of aromatic hydroxyl groups is 1. The molecule has 0 spiro atoms. The topological polar surface area (TPSA) is 55.8 Å². The van der Waals surface area contributed by atoms with Gasteiger partial charge in [-0.15, -0.1) is 0 Å². The molecule has 2 aromatic carbocycles. The first kappa shape index (κ1) is 14.2. The van der Waals surface area contributed by atoms with Crippen LogP contribution in [0.2, 0.25) is 0 Å². The van der Waals surface area contributed by atoms with Crippen LogP contribution in [0.3, 0.4) is 0 Å². The zero-order valence-electron chi connectivity index (χ0n) is 12.2. The van der Waals surface area contributed by atoms with E-state index in [0.717, 1.165) is 11.1 Å². The maximum atomic E-state index is 12.2. The van der Waals surface area contributed by atoms with E-state index in [-0.39, 0.29) is 11.5 Å². The second-order valence-corrected chi connectivity index (χ2v) is 5.12. The normalized spacial score (nSPS) is 13.3. The molecular formula is C18H16O4. The number of carbonyl (C=O) groups excluding carboxylic acids is 1. The number of ether oxygens (including phenoxy) is 2. The van der Waals surface area contributed by atoms with Crippen LogP contribution in [-0.2, 0) is 0 Å². The van der Waals surface area contributed by atoms with Gasteiger partial charge in [-0.1, -0.05) is 23.8 Å². The third kappa shape index (κ3) is 2.96.